The van der Waals surface area contributed by atoms with Crippen LogP contribution in [0.5, 0.6) is 11.5 Å². The van der Waals surface area contributed by atoms with E-state index in [2.05, 4.69) is 0 Å². The minimum atomic E-state index is -0.700. The Balaban J connectivity index is 1.64. The molecule has 6 heteroatoms. The van der Waals surface area contributed by atoms with Crippen molar-refractivity contribution in [1.82, 2.24) is 4.90 Å². The Morgan fingerprint density at radius 2 is 1.79 bits per heavy atom. The largest absolute Gasteiger partial charge is 0.496 e. The Bertz CT molecular complexity index is 627. The van der Waals surface area contributed by atoms with Crippen molar-refractivity contribution < 1.29 is 24.2 Å². The molecule has 1 aromatic rings. The highest BCUT2D eigenvalue weighted by molar-refractivity contribution is 5.81. The Hall–Kier alpha value is -2.24. The third kappa shape index (κ3) is 2.92. The van der Waals surface area contributed by atoms with E-state index in [0.717, 1.165) is 24.8 Å². The Morgan fingerprint density at radius 3 is 2.25 bits per heavy atom. The van der Waals surface area contributed by atoms with Crippen LogP contribution in [-0.2, 0) is 16.0 Å². The van der Waals surface area contributed by atoms with E-state index < -0.39 is 5.97 Å². The van der Waals surface area contributed by atoms with Gasteiger partial charge in [0.1, 0.15) is 11.5 Å². The van der Waals surface area contributed by atoms with Gasteiger partial charge in [0.15, 0.2) is 0 Å². The molecule has 2 fully saturated rings. The number of amides is 1. The minimum Gasteiger partial charge on any atom is -0.496 e. The monoisotopic (exact) mass is 333 g/mol. The molecule has 1 heterocycles. The van der Waals surface area contributed by atoms with Crippen molar-refractivity contribution in [2.24, 2.45) is 11.3 Å². The van der Waals surface area contributed by atoms with Crippen LogP contribution in [0.1, 0.15) is 24.8 Å². The molecule has 6 nitrogen and oxygen atoms in total. The van der Waals surface area contributed by atoms with E-state index >= 15 is 0 Å². The van der Waals surface area contributed by atoms with Crippen LogP contribution in [0.2, 0.25) is 0 Å². The number of nitrogens with zero attached hydrogens (tertiary/aromatic N) is 1. The van der Waals surface area contributed by atoms with E-state index in [1.807, 2.05) is 23.1 Å². The fourth-order valence-corrected chi connectivity index (χ4v) is 3.82. The molecule has 0 aromatic heterocycles. The molecule has 1 saturated carbocycles. The quantitative estimate of drug-likeness (QED) is 0.891. The third-order valence-corrected chi connectivity index (χ3v) is 5.46. The van der Waals surface area contributed by atoms with Crippen LogP contribution in [0.4, 0.5) is 0 Å². The van der Waals surface area contributed by atoms with Gasteiger partial charge >= 0.3 is 5.97 Å². The summed E-state index contributed by atoms with van der Waals surface area (Å²) in [6.07, 6.45) is 2.53. The summed E-state index contributed by atoms with van der Waals surface area (Å²) in [5, 5.41) is 9.15. The van der Waals surface area contributed by atoms with Crippen LogP contribution in [-0.4, -0.2) is 49.2 Å². The van der Waals surface area contributed by atoms with Crippen molar-refractivity contribution in [1.29, 1.82) is 0 Å². The van der Waals surface area contributed by atoms with E-state index in [9.17, 15) is 9.59 Å². The summed E-state index contributed by atoms with van der Waals surface area (Å²) in [4.78, 5) is 25.6. The van der Waals surface area contributed by atoms with Crippen molar-refractivity contribution in [2.45, 2.75) is 25.7 Å². The van der Waals surface area contributed by atoms with Gasteiger partial charge in [-0.05, 0) is 36.8 Å². The predicted molar refractivity (Wildman–Crippen MR) is 87.2 cm³/mol. The fourth-order valence-electron chi connectivity index (χ4n) is 3.82. The van der Waals surface area contributed by atoms with Crippen LogP contribution in [0.3, 0.4) is 0 Å². The van der Waals surface area contributed by atoms with Crippen molar-refractivity contribution in [3.05, 3.63) is 23.8 Å². The predicted octanol–water partition coefficient (Wildman–Crippen LogP) is 1.96. The molecule has 1 atom stereocenters. The summed E-state index contributed by atoms with van der Waals surface area (Å²) >= 11 is 0. The molecular formula is C18H23NO5. The summed E-state index contributed by atoms with van der Waals surface area (Å²) in [6, 6.07) is 5.46. The number of benzene rings is 1. The number of methoxy groups -OCH3 is 2. The van der Waals surface area contributed by atoms with Gasteiger partial charge in [0.25, 0.3) is 0 Å². The first-order valence-corrected chi connectivity index (χ1v) is 8.21. The van der Waals surface area contributed by atoms with E-state index in [1.165, 1.54) is 0 Å². The van der Waals surface area contributed by atoms with Gasteiger partial charge in [-0.3, -0.25) is 9.59 Å². The highest BCUT2D eigenvalue weighted by Crippen LogP contribution is 2.59. The number of aliphatic carboxylic acids is 1. The van der Waals surface area contributed by atoms with Crippen LogP contribution < -0.4 is 9.47 Å². The zero-order valence-corrected chi connectivity index (χ0v) is 14.1. The molecule has 130 valence electrons. The molecule has 24 heavy (non-hydrogen) atoms. The lowest BCUT2D eigenvalue weighted by atomic mass is 9.90. The number of carbonyl (C=O) groups is 2. The molecule has 1 amide bonds. The maximum Gasteiger partial charge on any atom is 0.307 e. The molecule has 3 rings (SSSR count). The Morgan fingerprint density at radius 1 is 1.21 bits per heavy atom. The van der Waals surface area contributed by atoms with Gasteiger partial charge in [-0.1, -0.05) is 6.07 Å². The summed E-state index contributed by atoms with van der Waals surface area (Å²) < 4.78 is 10.7. The van der Waals surface area contributed by atoms with Crippen molar-refractivity contribution in [3.63, 3.8) is 0 Å². The van der Waals surface area contributed by atoms with Gasteiger partial charge in [0.05, 0.1) is 26.6 Å². The number of likely N-dealkylation sites (tertiary alicyclic amines) is 1. The zero-order chi connectivity index (χ0) is 17.3. The average Bonchev–Trinajstić information content (AvgIpc) is 3.29. The molecule has 1 unspecified atom stereocenters. The first kappa shape index (κ1) is 16.6. The molecule has 2 aliphatic rings. The van der Waals surface area contributed by atoms with Gasteiger partial charge < -0.3 is 19.5 Å². The number of carboxylic acid groups (broad SMARTS) is 1. The maximum absolute atomic E-state index is 12.6. The Labute approximate surface area is 141 Å². The fraction of sp³-hybridized carbons (Fsp3) is 0.556. The van der Waals surface area contributed by atoms with Crippen molar-refractivity contribution in [3.8, 4) is 11.5 Å². The average molecular weight is 333 g/mol. The van der Waals surface area contributed by atoms with Gasteiger partial charge in [-0.2, -0.15) is 0 Å². The SMILES string of the molecule is COc1cccc(OC)c1CC(=O)N1CCC2(CC1)CC2C(=O)O. The van der Waals surface area contributed by atoms with Gasteiger partial charge in [-0.15, -0.1) is 0 Å². The van der Waals surface area contributed by atoms with Crippen LogP contribution in [0.25, 0.3) is 0 Å². The molecular weight excluding hydrogens is 310 g/mol. The highest BCUT2D eigenvalue weighted by Gasteiger charge is 2.59. The molecule has 1 saturated heterocycles. The first-order chi connectivity index (χ1) is 11.5. The second kappa shape index (κ2) is 6.34. The van der Waals surface area contributed by atoms with Crippen LogP contribution in [0, 0.1) is 11.3 Å². The normalized spacial score (nSPS) is 21.4. The van der Waals surface area contributed by atoms with Crippen LogP contribution in [0.15, 0.2) is 18.2 Å². The van der Waals surface area contributed by atoms with Gasteiger partial charge in [0.2, 0.25) is 5.91 Å². The third-order valence-electron chi connectivity index (χ3n) is 5.46. The number of hydrogen-bond donors (Lipinski definition) is 1. The number of piperidine rings is 1. The Kier molecular flexibility index (Phi) is 4.39. The smallest absolute Gasteiger partial charge is 0.307 e. The van der Waals surface area contributed by atoms with E-state index in [0.29, 0.717) is 24.6 Å². The van der Waals surface area contributed by atoms with E-state index in [1.54, 1.807) is 14.2 Å². The van der Waals surface area contributed by atoms with Crippen molar-refractivity contribution >= 4 is 11.9 Å². The summed E-state index contributed by atoms with van der Waals surface area (Å²) in [7, 11) is 3.15. The second-order valence-electron chi connectivity index (χ2n) is 6.66. The highest BCUT2D eigenvalue weighted by atomic mass is 16.5. The lowest BCUT2D eigenvalue weighted by Crippen LogP contribution is -2.40. The lowest BCUT2D eigenvalue weighted by Gasteiger charge is -2.33. The molecule has 1 aromatic carbocycles. The number of hydrogen-bond acceptors (Lipinski definition) is 4. The molecule has 1 aliphatic carbocycles. The zero-order valence-electron chi connectivity index (χ0n) is 14.1. The second-order valence-corrected chi connectivity index (χ2v) is 6.66. The van der Waals surface area contributed by atoms with Crippen molar-refractivity contribution in [2.75, 3.05) is 27.3 Å². The van der Waals surface area contributed by atoms with Gasteiger partial charge in [-0.25, -0.2) is 0 Å². The molecule has 1 N–H and O–H groups in total. The molecule has 1 aliphatic heterocycles. The summed E-state index contributed by atoms with van der Waals surface area (Å²) in [5.74, 6) is 0.395. The maximum atomic E-state index is 12.6. The number of carboxylic acids is 1. The standard InChI is InChI=1S/C18H23NO5/c1-23-14-4-3-5-15(24-2)12(14)10-16(20)19-8-6-18(7-9-19)11-13(18)17(21)22/h3-5,13H,6-11H2,1-2H3,(H,21,22). The number of ether oxygens (including phenoxy) is 2. The van der Waals surface area contributed by atoms with Gasteiger partial charge in [0, 0.05) is 18.7 Å². The first-order valence-electron chi connectivity index (χ1n) is 8.21. The van der Waals surface area contributed by atoms with E-state index in [4.69, 9.17) is 14.6 Å². The topological polar surface area (TPSA) is 76.1 Å². The minimum absolute atomic E-state index is 0.0279. The number of carbonyl (C=O) groups excluding carboxylic acids is 1. The molecule has 0 radical (unpaired) electrons. The summed E-state index contributed by atoms with van der Waals surface area (Å²) in [6.45, 7) is 1.25. The number of rotatable bonds is 5. The van der Waals surface area contributed by atoms with E-state index in [-0.39, 0.29) is 23.7 Å². The van der Waals surface area contributed by atoms with Crippen LogP contribution >= 0.6 is 0 Å². The molecule has 1 spiro atoms. The summed E-state index contributed by atoms with van der Waals surface area (Å²) in [5.41, 5.74) is 0.688. The lowest BCUT2D eigenvalue weighted by molar-refractivity contribution is -0.139. The molecule has 0 bridgehead atoms.